The van der Waals surface area contributed by atoms with Crippen LogP contribution in [0.2, 0.25) is 0 Å². The molecule has 11 heteroatoms. The summed E-state index contributed by atoms with van der Waals surface area (Å²) < 4.78 is 0. The molecule has 2 aliphatic carbocycles. The molecule has 4 heterocycles. The van der Waals surface area contributed by atoms with Gasteiger partial charge in [0, 0.05) is 67.0 Å². The first-order chi connectivity index (χ1) is 28.2. The fourth-order valence-corrected chi connectivity index (χ4v) is 9.27. The molecule has 4 aliphatic heterocycles. The van der Waals surface area contributed by atoms with E-state index in [1.807, 2.05) is 31.3 Å². The van der Waals surface area contributed by atoms with Crippen LogP contribution in [0.1, 0.15) is 92.1 Å². The van der Waals surface area contributed by atoms with E-state index in [0.29, 0.717) is 54.6 Å². The molecule has 0 radical (unpaired) electrons. The fraction of sp³-hybridized carbons (Fsp3) is 0.489. The largest absolute Gasteiger partial charge is 0.507 e. The minimum atomic E-state index is -0.831. The van der Waals surface area contributed by atoms with E-state index < -0.39 is 11.9 Å². The number of amides is 3. The first-order valence-electron chi connectivity index (χ1n) is 21.5. The van der Waals surface area contributed by atoms with Crippen molar-refractivity contribution in [2.75, 3.05) is 42.9 Å². The Hall–Kier alpha value is -5.16. The molecule has 5 fully saturated rings. The number of piperidine rings is 3. The molecule has 2 aromatic carbocycles. The third-order valence-corrected chi connectivity index (χ3v) is 12.8. The highest BCUT2D eigenvalue weighted by Gasteiger charge is 2.59. The number of nitrogens with zero attached hydrogens (tertiary/aromatic N) is 3. The number of rotatable bonds is 19. The highest BCUT2D eigenvalue weighted by molar-refractivity contribution is 6.05. The second-order valence-electron chi connectivity index (χ2n) is 16.7. The van der Waals surface area contributed by atoms with Crippen molar-refractivity contribution in [1.82, 2.24) is 20.4 Å². The molecule has 11 nitrogen and oxygen atoms in total. The van der Waals surface area contributed by atoms with Gasteiger partial charge in [0.15, 0.2) is 5.78 Å². The lowest BCUT2D eigenvalue weighted by Crippen LogP contribution is -2.62. The van der Waals surface area contributed by atoms with Crippen molar-refractivity contribution in [3.05, 3.63) is 107 Å². The Morgan fingerprint density at radius 3 is 2.48 bits per heavy atom. The number of carbonyl (C=O) groups is 4. The second-order valence-corrected chi connectivity index (χ2v) is 16.7. The van der Waals surface area contributed by atoms with Gasteiger partial charge in [-0.15, -0.1) is 0 Å². The molecular weight excluding hydrogens is 729 g/mol. The molecule has 6 aliphatic rings. The number of ketones is 1. The molecule has 1 saturated carbocycles. The normalized spacial score (nSPS) is 24.5. The summed E-state index contributed by atoms with van der Waals surface area (Å²) in [5.41, 5.74) is 5.69. The van der Waals surface area contributed by atoms with Crippen LogP contribution in [0, 0.1) is 18.8 Å². The lowest BCUT2D eigenvalue weighted by Gasteiger charge is -2.52. The number of aliphatic hydroxyl groups excluding tert-OH is 1. The number of carbonyl (C=O) groups excluding carboxylic acids is 4. The van der Waals surface area contributed by atoms with Crippen molar-refractivity contribution in [3.63, 3.8) is 0 Å². The van der Waals surface area contributed by atoms with E-state index in [-0.39, 0.29) is 17.4 Å². The minimum absolute atomic E-state index is 0.0172. The number of nitrogens with one attached hydrogen (secondary N) is 3. The van der Waals surface area contributed by atoms with Crippen LogP contribution >= 0.6 is 0 Å². The fourth-order valence-electron chi connectivity index (χ4n) is 9.27. The average Bonchev–Trinajstić information content (AvgIpc) is 4.05. The quantitative estimate of drug-likeness (QED) is 0.0530. The first-order valence-corrected chi connectivity index (χ1v) is 21.5. The number of hydrogen-bond donors (Lipinski definition) is 4. The van der Waals surface area contributed by atoms with Gasteiger partial charge in [-0.3, -0.25) is 24.1 Å². The lowest BCUT2D eigenvalue weighted by atomic mass is 9.90. The molecule has 5 atom stereocenters. The van der Waals surface area contributed by atoms with Crippen molar-refractivity contribution in [2.24, 2.45) is 11.8 Å². The Morgan fingerprint density at radius 1 is 0.966 bits per heavy atom. The molecule has 308 valence electrons. The van der Waals surface area contributed by atoms with Crippen LogP contribution in [0.15, 0.2) is 90.5 Å². The van der Waals surface area contributed by atoms with Crippen molar-refractivity contribution in [3.8, 4) is 0 Å². The van der Waals surface area contributed by atoms with Crippen molar-refractivity contribution < 1.29 is 24.3 Å². The number of Topliss-reactive ketones (excluding diaryl/α,β-unsaturated/α-hetero) is 1. The minimum Gasteiger partial charge on any atom is -0.507 e. The number of imide groups is 1. The highest BCUT2D eigenvalue weighted by atomic mass is 16.3. The van der Waals surface area contributed by atoms with Crippen LogP contribution in [-0.2, 0) is 20.8 Å². The van der Waals surface area contributed by atoms with Crippen molar-refractivity contribution >= 4 is 35.4 Å². The molecule has 4 N–H and O–H groups in total. The molecule has 3 unspecified atom stereocenters. The summed E-state index contributed by atoms with van der Waals surface area (Å²) in [7, 11) is 0. The van der Waals surface area contributed by atoms with Crippen molar-refractivity contribution in [2.45, 2.75) is 102 Å². The van der Waals surface area contributed by atoms with Gasteiger partial charge in [-0.25, -0.2) is 0 Å². The Bertz CT molecular complexity index is 1940. The van der Waals surface area contributed by atoms with Gasteiger partial charge in [0.25, 0.3) is 5.91 Å². The Labute approximate surface area is 343 Å². The molecule has 58 heavy (non-hydrogen) atoms. The maximum atomic E-state index is 13.3. The number of piperazine rings is 1. The van der Waals surface area contributed by atoms with Crippen LogP contribution in [0.5, 0.6) is 0 Å². The average molecular weight is 789 g/mol. The number of anilines is 2. The molecule has 0 spiro atoms. The summed E-state index contributed by atoms with van der Waals surface area (Å²) in [5.74, 6) is 0.732. The first kappa shape index (κ1) is 41.0. The summed E-state index contributed by atoms with van der Waals surface area (Å²) in [6.07, 6.45) is 19.3. The zero-order valence-electron chi connectivity index (χ0n) is 34.0. The topological polar surface area (TPSA) is 134 Å². The van der Waals surface area contributed by atoms with Crippen LogP contribution in [0.3, 0.4) is 0 Å². The molecule has 2 aromatic rings. The third-order valence-electron chi connectivity index (χ3n) is 12.8. The summed E-state index contributed by atoms with van der Waals surface area (Å²) in [6, 6.07) is 14.8. The maximum absolute atomic E-state index is 13.3. The zero-order chi connectivity index (χ0) is 40.6. The van der Waals surface area contributed by atoms with Crippen LogP contribution in [0.25, 0.3) is 0 Å². The number of aryl methyl sites for hydroxylation is 1. The standard InChI is InChI=1S/C47H60N6O5/c1-32-13-17-35(27-38(32)47(58)53(31-54)41-20-14-33(2)50-46(41)57)49-24-10-6-4-3-5-9-23-48-25-21-34-15-18-36(19-16-34)52-30-42-39-28-40(39)43(52)29-51(42)26-22-45(56)37-11-7-8-12-44(37)55/h7,11,13,15-19,22,26-27,31,39-43,48-49,56H,2-6,8-10,12,14,20-21,23-25,28-30H2,1H3,(H,50,57)/b26-22+,45-37-/t39-,40+,41?,42?,43?/m0/s1. The van der Waals surface area contributed by atoms with Gasteiger partial charge in [0.05, 0.1) is 5.57 Å². The van der Waals surface area contributed by atoms with E-state index in [2.05, 4.69) is 56.6 Å². The van der Waals surface area contributed by atoms with Gasteiger partial charge in [-0.2, -0.15) is 0 Å². The Morgan fingerprint density at radius 2 is 1.72 bits per heavy atom. The Balaban J connectivity index is 0.743. The van der Waals surface area contributed by atoms with Crippen LogP contribution in [0.4, 0.5) is 11.4 Å². The van der Waals surface area contributed by atoms with E-state index in [4.69, 9.17) is 0 Å². The SMILES string of the molecule is C=C1CCC(N(C=O)C(=O)c2cc(NCCCCCCCCNCCc3ccc(N4CC5[C@H]6C[C@H]6C4CN5/C=C/C(O)=C4\C=CCCC4=O)cc3)ccc2C)C(=O)N1. The van der Waals surface area contributed by atoms with Crippen molar-refractivity contribution in [1.29, 1.82) is 0 Å². The number of benzene rings is 2. The molecular formula is C47H60N6O5. The van der Waals surface area contributed by atoms with E-state index in [0.717, 1.165) is 86.4 Å². The number of hydrogen-bond acceptors (Lipinski definition) is 9. The molecule has 2 bridgehead atoms. The predicted octanol–water partition coefficient (Wildman–Crippen LogP) is 6.72. The summed E-state index contributed by atoms with van der Waals surface area (Å²) in [6.45, 7) is 10.4. The van der Waals surface area contributed by atoms with Gasteiger partial charge < -0.3 is 30.9 Å². The van der Waals surface area contributed by atoms with E-state index in [9.17, 15) is 24.3 Å². The number of aliphatic hydroxyl groups is 1. The summed E-state index contributed by atoms with van der Waals surface area (Å²) >= 11 is 0. The van der Waals surface area contributed by atoms with Gasteiger partial charge in [0.1, 0.15) is 11.8 Å². The lowest BCUT2D eigenvalue weighted by molar-refractivity contribution is -0.131. The number of unbranched alkanes of at least 4 members (excludes halogenated alkanes) is 5. The number of allylic oxidation sites excluding steroid dienone is 5. The van der Waals surface area contributed by atoms with Crippen LogP contribution in [-0.4, -0.2) is 89.8 Å². The smallest absolute Gasteiger partial charge is 0.261 e. The Kier molecular flexibility index (Phi) is 13.5. The predicted molar refractivity (Wildman–Crippen MR) is 228 cm³/mol. The van der Waals surface area contributed by atoms with Gasteiger partial charge in [0.2, 0.25) is 12.3 Å². The molecule has 8 rings (SSSR count). The van der Waals surface area contributed by atoms with E-state index >= 15 is 0 Å². The molecule has 3 amide bonds. The molecule has 4 saturated heterocycles. The van der Waals surface area contributed by atoms with Gasteiger partial charge in [-0.05, 0) is 118 Å². The van der Waals surface area contributed by atoms with E-state index in [1.54, 1.807) is 18.2 Å². The summed E-state index contributed by atoms with van der Waals surface area (Å²) in [5, 5.41) is 20.3. The summed E-state index contributed by atoms with van der Waals surface area (Å²) in [4.78, 5) is 55.8. The van der Waals surface area contributed by atoms with Gasteiger partial charge in [-0.1, -0.05) is 62.6 Å². The third kappa shape index (κ3) is 9.74. The van der Waals surface area contributed by atoms with Gasteiger partial charge >= 0.3 is 0 Å². The molecule has 0 aromatic heterocycles. The van der Waals surface area contributed by atoms with E-state index in [1.165, 1.54) is 43.4 Å². The zero-order valence-corrected chi connectivity index (χ0v) is 34.0. The van der Waals surface area contributed by atoms with Crippen LogP contribution < -0.4 is 20.9 Å². The monoisotopic (exact) mass is 788 g/mol. The highest BCUT2D eigenvalue weighted by Crippen LogP contribution is 2.55. The number of fused-ring (bicyclic) bond motifs is 2. The maximum Gasteiger partial charge on any atom is 0.261 e. The second kappa shape index (κ2) is 19.1.